The third-order valence-electron chi connectivity index (χ3n) is 2.95. The monoisotopic (exact) mass is 387 g/mol. The van der Waals surface area contributed by atoms with Gasteiger partial charge in [0.25, 0.3) is 0 Å². The van der Waals surface area contributed by atoms with Gasteiger partial charge in [-0.05, 0) is 12.0 Å². The van der Waals surface area contributed by atoms with Crippen molar-refractivity contribution in [2.24, 2.45) is 5.11 Å². The van der Waals surface area contributed by atoms with Gasteiger partial charge in [0.2, 0.25) is 0 Å². The Morgan fingerprint density at radius 2 is 1.37 bits per heavy atom. The van der Waals surface area contributed by atoms with Crippen LogP contribution in [-0.4, -0.2) is 61.1 Å². The Morgan fingerprint density at radius 1 is 0.889 bits per heavy atom. The van der Waals surface area contributed by atoms with Crippen molar-refractivity contribution in [3.8, 4) is 0 Å². The fraction of sp³-hybridized carbons (Fsp3) is 0.667. The molecule has 0 N–H and O–H groups in total. The molecule has 0 saturated carbocycles. The molecule has 0 fully saturated rings. The molecule has 0 heterocycles. The average molecular weight is 387 g/mol. The largest absolute Gasteiger partial charge is 0.458 e. The second kappa shape index (κ2) is 12.3. The first kappa shape index (κ1) is 23.9. The number of carbonyl (C=O) groups excluding carboxylic acids is 5. The Labute approximate surface area is 154 Å². The molecule has 0 amide bonds. The zero-order chi connectivity index (χ0) is 21.0. The molecule has 4 atom stereocenters. The van der Waals surface area contributed by atoms with Gasteiger partial charge in [-0.3, -0.25) is 24.0 Å². The van der Waals surface area contributed by atoms with Gasteiger partial charge in [-0.1, -0.05) is 5.11 Å². The predicted octanol–water partition coefficient (Wildman–Crippen LogP) is 0.612. The minimum atomic E-state index is -1.63. The number of rotatable bonds is 11. The maximum atomic E-state index is 11.5. The first-order valence-electron chi connectivity index (χ1n) is 7.77. The van der Waals surface area contributed by atoms with Crippen molar-refractivity contribution in [2.75, 3.05) is 6.54 Å². The third-order valence-corrected chi connectivity index (χ3v) is 2.95. The molecule has 12 heteroatoms. The van der Waals surface area contributed by atoms with Gasteiger partial charge in [-0.15, -0.1) is 0 Å². The summed E-state index contributed by atoms with van der Waals surface area (Å²) in [7, 11) is 0. The number of hydrogen-bond donors (Lipinski definition) is 0. The van der Waals surface area contributed by atoms with E-state index in [0.717, 1.165) is 27.7 Å². The van der Waals surface area contributed by atoms with Crippen LogP contribution in [0.1, 0.15) is 34.1 Å². The Hall–Kier alpha value is -3.14. The van der Waals surface area contributed by atoms with E-state index in [4.69, 9.17) is 24.5 Å². The lowest BCUT2D eigenvalue weighted by Gasteiger charge is -2.33. The van der Waals surface area contributed by atoms with Crippen LogP contribution in [0.25, 0.3) is 10.4 Å². The minimum Gasteiger partial charge on any atom is -0.458 e. The van der Waals surface area contributed by atoms with Crippen molar-refractivity contribution in [1.29, 1.82) is 0 Å². The summed E-state index contributed by atoms with van der Waals surface area (Å²) in [5.74, 6) is -3.34. The van der Waals surface area contributed by atoms with Crippen LogP contribution in [0, 0.1) is 0 Å². The smallest absolute Gasteiger partial charge is 0.303 e. The van der Waals surface area contributed by atoms with Crippen LogP contribution in [0.5, 0.6) is 0 Å². The van der Waals surface area contributed by atoms with Gasteiger partial charge in [0.05, 0.1) is 0 Å². The van der Waals surface area contributed by atoms with Crippen LogP contribution in [0.3, 0.4) is 0 Å². The molecule has 0 aliphatic rings. The number of esters is 4. The molecular formula is C15H21N3O9. The number of ether oxygens (including phenoxy) is 4. The summed E-state index contributed by atoms with van der Waals surface area (Å²) in [5, 5.41) is 3.30. The van der Waals surface area contributed by atoms with Crippen LogP contribution in [-0.2, 0) is 42.9 Å². The molecule has 0 radical (unpaired) electrons. The Balaban J connectivity index is 6.00. The van der Waals surface area contributed by atoms with E-state index in [1.165, 1.54) is 0 Å². The topological polar surface area (TPSA) is 171 Å². The van der Waals surface area contributed by atoms with Crippen molar-refractivity contribution in [2.45, 2.75) is 58.5 Å². The minimum absolute atomic E-state index is 0.120. The van der Waals surface area contributed by atoms with Crippen molar-refractivity contribution in [3.05, 3.63) is 10.4 Å². The highest BCUT2D eigenvalue weighted by atomic mass is 16.6. The predicted molar refractivity (Wildman–Crippen MR) is 86.9 cm³/mol. The molecule has 0 aromatic rings. The highest BCUT2D eigenvalue weighted by Gasteiger charge is 2.43. The van der Waals surface area contributed by atoms with E-state index in [9.17, 15) is 24.0 Å². The van der Waals surface area contributed by atoms with Gasteiger partial charge in [-0.25, -0.2) is 0 Å². The van der Waals surface area contributed by atoms with E-state index in [-0.39, 0.29) is 19.3 Å². The van der Waals surface area contributed by atoms with Gasteiger partial charge in [0.15, 0.2) is 24.6 Å². The van der Waals surface area contributed by atoms with Crippen LogP contribution in [0.15, 0.2) is 5.11 Å². The molecule has 0 aliphatic heterocycles. The Kier molecular flexibility index (Phi) is 10.8. The molecule has 0 aromatic carbocycles. The fourth-order valence-corrected chi connectivity index (χ4v) is 2.16. The number of hydrogen-bond acceptors (Lipinski definition) is 10. The average Bonchev–Trinajstić information content (AvgIpc) is 2.54. The van der Waals surface area contributed by atoms with Gasteiger partial charge in [0.1, 0.15) is 6.10 Å². The first-order valence-corrected chi connectivity index (χ1v) is 7.77. The highest BCUT2D eigenvalue weighted by Crippen LogP contribution is 2.21. The van der Waals surface area contributed by atoms with E-state index >= 15 is 0 Å². The number of nitrogens with zero attached hydrogens (tertiary/aromatic N) is 3. The van der Waals surface area contributed by atoms with E-state index < -0.39 is 48.3 Å². The maximum Gasteiger partial charge on any atom is 0.303 e. The van der Waals surface area contributed by atoms with Crippen molar-refractivity contribution in [1.82, 2.24) is 0 Å². The number of aldehydes is 1. The van der Waals surface area contributed by atoms with E-state index in [2.05, 4.69) is 10.0 Å². The maximum absolute atomic E-state index is 11.5. The second-order valence-electron chi connectivity index (χ2n) is 5.25. The molecule has 0 spiro atoms. The summed E-state index contributed by atoms with van der Waals surface area (Å²) in [6.45, 7) is 4.01. The van der Waals surface area contributed by atoms with E-state index in [1.807, 2.05) is 0 Å². The molecule has 0 rings (SSSR count). The quantitative estimate of drug-likeness (QED) is 0.123. The molecule has 27 heavy (non-hydrogen) atoms. The highest BCUT2D eigenvalue weighted by molar-refractivity contribution is 5.72. The zero-order valence-electron chi connectivity index (χ0n) is 15.3. The van der Waals surface area contributed by atoms with Crippen LogP contribution < -0.4 is 0 Å². The summed E-state index contributed by atoms with van der Waals surface area (Å²) in [5.41, 5.74) is 8.39. The molecule has 12 nitrogen and oxygen atoms in total. The lowest BCUT2D eigenvalue weighted by molar-refractivity contribution is -0.197. The van der Waals surface area contributed by atoms with Crippen molar-refractivity contribution in [3.63, 3.8) is 0 Å². The van der Waals surface area contributed by atoms with Crippen LogP contribution >= 0.6 is 0 Å². The molecular weight excluding hydrogens is 366 g/mol. The van der Waals surface area contributed by atoms with E-state index in [1.54, 1.807) is 0 Å². The molecule has 0 aliphatic carbocycles. The Morgan fingerprint density at radius 3 is 1.78 bits per heavy atom. The number of carbonyl (C=O) groups is 5. The van der Waals surface area contributed by atoms with Gasteiger partial charge in [-0.2, -0.15) is 0 Å². The summed E-state index contributed by atoms with van der Waals surface area (Å²) < 4.78 is 20.0. The Bertz CT molecular complexity index is 616. The molecule has 0 bridgehead atoms. The molecule has 1 unspecified atom stereocenters. The summed E-state index contributed by atoms with van der Waals surface area (Å²) in [6.07, 6.45) is -5.91. The standard InChI is InChI=1S/C15H21N3O9/c1-8(20)24-12(5-6-17-18-16)14(26-10(3)22)15(27-11(4)23)13(7-19)25-9(2)21/h7,12-15H,5-6H2,1-4H3/t12?,13-,14-,15+/m1/s1. The van der Waals surface area contributed by atoms with Crippen molar-refractivity contribution < 1.29 is 42.9 Å². The zero-order valence-corrected chi connectivity index (χ0v) is 15.3. The van der Waals surface area contributed by atoms with Crippen LogP contribution in [0.4, 0.5) is 0 Å². The SMILES string of the molecule is CC(=O)OC(CCN=[N+]=[N-])[C@@H](OC(C)=O)[C@@H](OC(C)=O)[C@@H](C=O)OC(C)=O. The van der Waals surface area contributed by atoms with Crippen molar-refractivity contribution >= 4 is 30.2 Å². The van der Waals surface area contributed by atoms with Gasteiger partial charge < -0.3 is 18.9 Å². The summed E-state index contributed by atoms with van der Waals surface area (Å²) in [4.78, 5) is 59.6. The second-order valence-corrected chi connectivity index (χ2v) is 5.25. The molecule has 0 aromatic heterocycles. The van der Waals surface area contributed by atoms with Gasteiger partial charge >= 0.3 is 23.9 Å². The van der Waals surface area contributed by atoms with Gasteiger partial charge in [0, 0.05) is 39.2 Å². The first-order chi connectivity index (χ1) is 12.6. The lowest BCUT2D eigenvalue weighted by atomic mass is 10.00. The molecule has 0 saturated heterocycles. The lowest BCUT2D eigenvalue weighted by Crippen LogP contribution is -2.52. The fourth-order valence-electron chi connectivity index (χ4n) is 2.16. The van der Waals surface area contributed by atoms with Crippen LogP contribution in [0.2, 0.25) is 0 Å². The third kappa shape index (κ3) is 9.80. The normalized spacial score (nSPS) is 14.4. The summed E-state index contributed by atoms with van der Waals surface area (Å²) in [6, 6.07) is 0. The van der Waals surface area contributed by atoms with E-state index in [0.29, 0.717) is 0 Å². The molecule has 150 valence electrons. The number of azide groups is 1. The summed E-state index contributed by atoms with van der Waals surface area (Å²) >= 11 is 0.